The molecule has 0 spiro atoms. The second-order valence-corrected chi connectivity index (χ2v) is 5.24. The summed E-state index contributed by atoms with van der Waals surface area (Å²) in [6.45, 7) is 3.62. The summed E-state index contributed by atoms with van der Waals surface area (Å²) in [5, 5.41) is 0. The van der Waals surface area contributed by atoms with Gasteiger partial charge in [0.25, 0.3) is 5.91 Å². The quantitative estimate of drug-likeness (QED) is 0.926. The smallest absolute Gasteiger partial charge is 0.256 e. The second-order valence-electron chi connectivity index (χ2n) is 4.38. The predicted molar refractivity (Wildman–Crippen MR) is 74.6 cm³/mol. The summed E-state index contributed by atoms with van der Waals surface area (Å²) in [5.74, 6) is -0.00347. The van der Waals surface area contributed by atoms with Crippen LogP contribution in [-0.2, 0) is 9.53 Å². The molecule has 1 amide bonds. The second kappa shape index (κ2) is 5.82. The molecular formula is C13H17BrN2O2. The van der Waals surface area contributed by atoms with Crippen molar-refractivity contribution in [3.63, 3.8) is 0 Å². The number of amides is 1. The maximum absolute atomic E-state index is 12.3. The number of morpholine rings is 1. The maximum atomic E-state index is 12.3. The van der Waals surface area contributed by atoms with Crippen molar-refractivity contribution in [2.45, 2.75) is 19.4 Å². The average molecular weight is 313 g/mol. The number of ether oxygens (including phenoxy) is 1. The number of carbonyl (C=O) groups excluding carboxylic acids is 1. The van der Waals surface area contributed by atoms with Crippen LogP contribution in [0.4, 0.5) is 5.69 Å². The molecule has 1 aromatic carbocycles. The van der Waals surface area contributed by atoms with E-state index in [1.54, 1.807) is 4.90 Å². The molecule has 0 aromatic heterocycles. The molecule has 0 aliphatic carbocycles. The summed E-state index contributed by atoms with van der Waals surface area (Å²) in [6, 6.07) is 5.97. The molecule has 2 N–H and O–H groups in total. The van der Waals surface area contributed by atoms with Crippen LogP contribution in [0.5, 0.6) is 0 Å². The molecule has 0 saturated carbocycles. The Morgan fingerprint density at radius 2 is 2.33 bits per heavy atom. The fourth-order valence-corrected chi connectivity index (χ4v) is 2.78. The Balaban J connectivity index is 2.24. The van der Waals surface area contributed by atoms with Crippen molar-refractivity contribution in [3.05, 3.63) is 28.2 Å². The van der Waals surface area contributed by atoms with Gasteiger partial charge in [-0.15, -0.1) is 0 Å². The summed E-state index contributed by atoms with van der Waals surface area (Å²) in [7, 11) is 0. The molecule has 0 radical (unpaired) electrons. The number of aryl methyl sites for hydroxylation is 1. The van der Waals surface area contributed by atoms with E-state index in [0.29, 0.717) is 26.1 Å². The van der Waals surface area contributed by atoms with Gasteiger partial charge in [-0.1, -0.05) is 6.07 Å². The number of benzene rings is 1. The summed E-state index contributed by atoms with van der Waals surface area (Å²) < 4.78 is 6.39. The molecule has 1 fully saturated rings. The molecule has 1 aromatic rings. The van der Waals surface area contributed by atoms with Crippen molar-refractivity contribution in [1.82, 2.24) is 0 Å². The topological polar surface area (TPSA) is 55.6 Å². The van der Waals surface area contributed by atoms with Gasteiger partial charge in [0.1, 0.15) is 6.10 Å². The molecular weight excluding hydrogens is 296 g/mol. The summed E-state index contributed by atoms with van der Waals surface area (Å²) in [6.07, 6.45) is 0.163. The van der Waals surface area contributed by atoms with Crippen LogP contribution < -0.4 is 10.6 Å². The number of carbonyl (C=O) groups is 1. The zero-order valence-corrected chi connectivity index (χ0v) is 11.9. The van der Waals surface area contributed by atoms with Crippen LogP contribution in [0.15, 0.2) is 22.7 Å². The van der Waals surface area contributed by atoms with E-state index in [-0.39, 0.29) is 5.91 Å². The Hall–Kier alpha value is -0.910. The van der Waals surface area contributed by atoms with E-state index in [0.717, 1.165) is 15.7 Å². The van der Waals surface area contributed by atoms with Crippen LogP contribution in [0.1, 0.15) is 12.0 Å². The van der Waals surface area contributed by atoms with Crippen molar-refractivity contribution in [2.75, 3.05) is 24.6 Å². The van der Waals surface area contributed by atoms with Crippen molar-refractivity contribution >= 4 is 27.5 Å². The molecule has 18 heavy (non-hydrogen) atoms. The average Bonchev–Trinajstić information content (AvgIpc) is 2.33. The van der Waals surface area contributed by atoms with E-state index in [9.17, 15) is 4.79 Å². The molecule has 4 nitrogen and oxygen atoms in total. The third-order valence-corrected chi connectivity index (χ3v) is 3.63. The Labute approximate surface area is 115 Å². The van der Waals surface area contributed by atoms with Crippen LogP contribution >= 0.6 is 15.9 Å². The van der Waals surface area contributed by atoms with Gasteiger partial charge in [0, 0.05) is 11.0 Å². The molecule has 1 saturated heterocycles. The van der Waals surface area contributed by atoms with Gasteiger partial charge in [0.05, 0.1) is 12.3 Å². The molecule has 1 atom stereocenters. The highest BCUT2D eigenvalue weighted by Crippen LogP contribution is 2.29. The molecule has 1 aliphatic heterocycles. The number of rotatable bonds is 3. The maximum Gasteiger partial charge on any atom is 0.256 e. The minimum absolute atomic E-state index is 0.00347. The zero-order chi connectivity index (χ0) is 13.1. The van der Waals surface area contributed by atoms with Crippen molar-refractivity contribution < 1.29 is 9.53 Å². The lowest BCUT2D eigenvalue weighted by molar-refractivity contribution is -0.134. The van der Waals surface area contributed by atoms with Crippen molar-refractivity contribution in [3.8, 4) is 0 Å². The molecule has 2 rings (SSSR count). The van der Waals surface area contributed by atoms with E-state index in [1.807, 2.05) is 25.1 Å². The number of anilines is 1. The lowest BCUT2D eigenvalue weighted by Crippen LogP contribution is -2.48. The van der Waals surface area contributed by atoms with E-state index in [1.165, 1.54) is 0 Å². The van der Waals surface area contributed by atoms with Gasteiger partial charge in [-0.25, -0.2) is 0 Å². The van der Waals surface area contributed by atoms with E-state index >= 15 is 0 Å². The number of nitrogens with two attached hydrogens (primary N) is 1. The minimum atomic E-state index is -0.406. The molecule has 0 bridgehead atoms. The normalized spacial score (nSPS) is 20.3. The van der Waals surface area contributed by atoms with Gasteiger partial charge in [0.15, 0.2) is 0 Å². The highest BCUT2D eigenvalue weighted by Gasteiger charge is 2.30. The summed E-state index contributed by atoms with van der Waals surface area (Å²) in [4.78, 5) is 14.0. The van der Waals surface area contributed by atoms with Crippen LogP contribution in [0, 0.1) is 6.92 Å². The molecule has 1 heterocycles. The Kier molecular flexibility index (Phi) is 4.37. The first kappa shape index (κ1) is 13.5. The SMILES string of the molecule is Cc1ccc(N2CCOC(CCN)C2=O)c(Br)c1. The van der Waals surface area contributed by atoms with Gasteiger partial charge in [0.2, 0.25) is 0 Å². The number of nitrogens with zero attached hydrogens (tertiary/aromatic N) is 1. The standard InChI is InChI=1S/C13H17BrN2O2/c1-9-2-3-11(10(14)8-9)16-6-7-18-12(4-5-15)13(16)17/h2-3,8,12H,4-7,15H2,1H3. The van der Waals surface area contributed by atoms with E-state index in [4.69, 9.17) is 10.5 Å². The number of hydrogen-bond acceptors (Lipinski definition) is 3. The highest BCUT2D eigenvalue weighted by molar-refractivity contribution is 9.10. The van der Waals surface area contributed by atoms with Crippen LogP contribution in [0.25, 0.3) is 0 Å². The van der Waals surface area contributed by atoms with Gasteiger partial charge in [-0.05, 0) is 53.5 Å². The highest BCUT2D eigenvalue weighted by atomic mass is 79.9. The first-order valence-corrected chi connectivity index (χ1v) is 6.82. The van der Waals surface area contributed by atoms with Crippen LogP contribution in [0.3, 0.4) is 0 Å². The monoisotopic (exact) mass is 312 g/mol. The fourth-order valence-electron chi connectivity index (χ4n) is 2.07. The molecule has 1 aliphatic rings. The van der Waals surface area contributed by atoms with Gasteiger partial charge in [-0.3, -0.25) is 4.79 Å². The van der Waals surface area contributed by atoms with Crippen molar-refractivity contribution in [2.24, 2.45) is 5.73 Å². The Morgan fingerprint density at radius 3 is 3.00 bits per heavy atom. The largest absolute Gasteiger partial charge is 0.366 e. The first-order valence-electron chi connectivity index (χ1n) is 6.02. The van der Waals surface area contributed by atoms with Gasteiger partial charge in [-0.2, -0.15) is 0 Å². The third-order valence-electron chi connectivity index (χ3n) is 3.00. The number of halogens is 1. The van der Waals surface area contributed by atoms with E-state index < -0.39 is 6.10 Å². The Morgan fingerprint density at radius 1 is 1.56 bits per heavy atom. The third kappa shape index (κ3) is 2.74. The number of hydrogen-bond donors (Lipinski definition) is 1. The van der Waals surface area contributed by atoms with Gasteiger partial charge >= 0.3 is 0 Å². The van der Waals surface area contributed by atoms with E-state index in [2.05, 4.69) is 15.9 Å². The molecule has 98 valence electrons. The fraction of sp³-hybridized carbons (Fsp3) is 0.462. The van der Waals surface area contributed by atoms with Crippen LogP contribution in [-0.4, -0.2) is 31.7 Å². The van der Waals surface area contributed by atoms with Crippen molar-refractivity contribution in [1.29, 1.82) is 0 Å². The van der Waals surface area contributed by atoms with Crippen LogP contribution in [0.2, 0.25) is 0 Å². The lowest BCUT2D eigenvalue weighted by atomic mass is 10.1. The predicted octanol–water partition coefficient (Wildman–Crippen LogP) is 1.84. The molecule has 1 unspecified atom stereocenters. The zero-order valence-electron chi connectivity index (χ0n) is 10.4. The molecule has 5 heteroatoms. The summed E-state index contributed by atoms with van der Waals surface area (Å²) >= 11 is 3.51. The minimum Gasteiger partial charge on any atom is -0.366 e. The Bertz CT molecular complexity index is 449. The van der Waals surface area contributed by atoms with Gasteiger partial charge < -0.3 is 15.4 Å². The lowest BCUT2D eigenvalue weighted by Gasteiger charge is -2.33. The summed E-state index contributed by atoms with van der Waals surface area (Å²) in [5.41, 5.74) is 7.55. The first-order chi connectivity index (χ1) is 8.63.